The van der Waals surface area contributed by atoms with E-state index in [-0.39, 0.29) is 0 Å². The van der Waals surface area contributed by atoms with Crippen LogP contribution >= 0.6 is 0 Å². The molecule has 2 aromatic heterocycles. The van der Waals surface area contributed by atoms with Crippen LogP contribution in [-0.2, 0) is 0 Å². The quantitative estimate of drug-likeness (QED) is 0.186. The van der Waals surface area contributed by atoms with Crippen molar-refractivity contribution in [1.82, 2.24) is 15.0 Å². The van der Waals surface area contributed by atoms with Crippen LogP contribution in [0.3, 0.4) is 0 Å². The van der Waals surface area contributed by atoms with Crippen LogP contribution in [0.2, 0.25) is 0 Å². The Bertz CT molecular complexity index is 2510. The lowest BCUT2D eigenvalue weighted by molar-refractivity contribution is 0.669. The Kier molecular flexibility index (Phi) is 6.72. The van der Waals surface area contributed by atoms with E-state index in [2.05, 4.69) is 89.8 Å². The van der Waals surface area contributed by atoms with E-state index in [9.17, 15) is 0 Å². The van der Waals surface area contributed by atoms with E-state index in [1.807, 2.05) is 84.9 Å². The molecule has 0 spiro atoms. The van der Waals surface area contributed by atoms with Gasteiger partial charge in [0.25, 0.3) is 0 Å². The van der Waals surface area contributed by atoms with Gasteiger partial charge < -0.3 is 9.32 Å². The molecule has 0 radical (unpaired) electrons. The van der Waals surface area contributed by atoms with Crippen molar-refractivity contribution in [2.75, 3.05) is 4.90 Å². The van der Waals surface area contributed by atoms with Gasteiger partial charge in [0.15, 0.2) is 17.5 Å². The second kappa shape index (κ2) is 11.6. The maximum Gasteiger partial charge on any atom is 0.164 e. The number of fused-ring (bicyclic) bond motifs is 4. The van der Waals surface area contributed by atoms with Gasteiger partial charge in [0.05, 0.1) is 5.69 Å². The Hall–Kier alpha value is -6.59. The lowest BCUT2D eigenvalue weighted by atomic mass is 10.0. The standard InChI is InChI=1S/C43H28N4O/c1-4-15-30(16-5-1)41-44-42(31-17-6-2-7-18-31)46-43(45-41)37-27-35(28-39-40(37)36-22-12-13-23-38(36)48-39)47(33-20-8-3-9-21-33)34-25-24-29-14-10-11-19-32(29)26-34/h1-28H. The second-order valence-corrected chi connectivity index (χ2v) is 11.7. The van der Waals surface area contributed by atoms with Crippen molar-refractivity contribution in [2.24, 2.45) is 0 Å². The molecule has 0 bridgehead atoms. The van der Waals surface area contributed by atoms with Gasteiger partial charge in [0, 0.05) is 44.9 Å². The van der Waals surface area contributed by atoms with E-state index in [1.54, 1.807) is 0 Å². The van der Waals surface area contributed by atoms with E-state index < -0.39 is 0 Å². The summed E-state index contributed by atoms with van der Waals surface area (Å²) in [6.07, 6.45) is 0. The van der Waals surface area contributed by atoms with Crippen LogP contribution in [0.1, 0.15) is 0 Å². The molecule has 9 aromatic rings. The van der Waals surface area contributed by atoms with E-state index in [4.69, 9.17) is 19.4 Å². The summed E-state index contributed by atoms with van der Waals surface area (Å²) in [6, 6.07) is 58.0. The molecule has 226 valence electrons. The van der Waals surface area contributed by atoms with Crippen LogP contribution < -0.4 is 4.90 Å². The normalized spacial score (nSPS) is 11.3. The molecule has 2 heterocycles. The first-order chi connectivity index (χ1) is 23.8. The highest BCUT2D eigenvalue weighted by Gasteiger charge is 2.22. The van der Waals surface area contributed by atoms with Crippen molar-refractivity contribution in [2.45, 2.75) is 0 Å². The van der Waals surface area contributed by atoms with Gasteiger partial charge in [-0.15, -0.1) is 0 Å². The third kappa shape index (κ3) is 4.95. The summed E-state index contributed by atoms with van der Waals surface area (Å²) in [5, 5.41) is 4.33. The van der Waals surface area contributed by atoms with Gasteiger partial charge in [-0.25, -0.2) is 15.0 Å². The lowest BCUT2D eigenvalue weighted by Crippen LogP contribution is -2.10. The number of nitrogens with zero attached hydrogens (tertiary/aromatic N) is 4. The Labute approximate surface area is 277 Å². The maximum atomic E-state index is 6.58. The number of hydrogen-bond acceptors (Lipinski definition) is 5. The van der Waals surface area contributed by atoms with Crippen molar-refractivity contribution in [3.8, 4) is 34.2 Å². The Morgan fingerprint density at radius 1 is 0.396 bits per heavy atom. The summed E-state index contributed by atoms with van der Waals surface area (Å²) in [6.45, 7) is 0. The summed E-state index contributed by atoms with van der Waals surface area (Å²) >= 11 is 0. The second-order valence-electron chi connectivity index (χ2n) is 11.7. The molecule has 0 aliphatic carbocycles. The number of furan rings is 1. The van der Waals surface area contributed by atoms with Crippen molar-refractivity contribution in [1.29, 1.82) is 0 Å². The van der Waals surface area contributed by atoms with Crippen LogP contribution in [0, 0.1) is 0 Å². The van der Waals surface area contributed by atoms with E-state index in [0.717, 1.165) is 55.7 Å². The Balaban J connectivity index is 1.34. The smallest absolute Gasteiger partial charge is 0.164 e. The monoisotopic (exact) mass is 616 g/mol. The Morgan fingerprint density at radius 2 is 0.979 bits per heavy atom. The van der Waals surface area contributed by atoms with Crippen molar-refractivity contribution >= 4 is 49.8 Å². The first-order valence-electron chi connectivity index (χ1n) is 16.0. The molecule has 5 nitrogen and oxygen atoms in total. The van der Waals surface area contributed by atoms with Crippen LogP contribution in [0.5, 0.6) is 0 Å². The van der Waals surface area contributed by atoms with Gasteiger partial charge >= 0.3 is 0 Å². The topological polar surface area (TPSA) is 55.1 Å². The summed E-state index contributed by atoms with van der Waals surface area (Å²) in [5.41, 5.74) is 7.27. The third-order valence-corrected chi connectivity index (χ3v) is 8.67. The summed E-state index contributed by atoms with van der Waals surface area (Å²) < 4.78 is 6.58. The Morgan fingerprint density at radius 3 is 1.69 bits per heavy atom. The summed E-state index contributed by atoms with van der Waals surface area (Å²) in [5.74, 6) is 1.80. The van der Waals surface area contributed by atoms with Crippen molar-refractivity contribution in [3.05, 3.63) is 170 Å². The average Bonchev–Trinajstić information content (AvgIpc) is 3.54. The van der Waals surface area contributed by atoms with Gasteiger partial charge in [0.2, 0.25) is 0 Å². The van der Waals surface area contributed by atoms with Crippen LogP contribution in [0.25, 0.3) is 66.9 Å². The fourth-order valence-corrected chi connectivity index (χ4v) is 6.41. The van der Waals surface area contributed by atoms with Gasteiger partial charge in [-0.05, 0) is 47.2 Å². The van der Waals surface area contributed by atoms with Gasteiger partial charge in [-0.2, -0.15) is 0 Å². The molecule has 0 saturated carbocycles. The molecular formula is C43H28N4O. The highest BCUT2D eigenvalue weighted by molar-refractivity contribution is 6.13. The molecule has 0 aliphatic rings. The molecule has 0 amide bonds. The number of rotatable bonds is 6. The predicted molar refractivity (Wildman–Crippen MR) is 196 cm³/mol. The minimum Gasteiger partial charge on any atom is -0.456 e. The molecule has 0 saturated heterocycles. The van der Waals surface area contributed by atoms with E-state index in [0.29, 0.717) is 17.5 Å². The molecule has 0 unspecified atom stereocenters. The van der Waals surface area contributed by atoms with Gasteiger partial charge in [-0.3, -0.25) is 0 Å². The molecule has 9 rings (SSSR count). The lowest BCUT2D eigenvalue weighted by Gasteiger charge is -2.26. The summed E-state index contributed by atoms with van der Waals surface area (Å²) in [7, 11) is 0. The van der Waals surface area contributed by atoms with Crippen LogP contribution in [0.15, 0.2) is 174 Å². The molecule has 7 aromatic carbocycles. The molecule has 0 aliphatic heterocycles. The van der Waals surface area contributed by atoms with Gasteiger partial charge in [-0.1, -0.05) is 127 Å². The number of para-hydroxylation sites is 2. The summed E-state index contributed by atoms with van der Waals surface area (Å²) in [4.78, 5) is 17.5. The highest BCUT2D eigenvalue weighted by atomic mass is 16.3. The zero-order chi connectivity index (χ0) is 31.9. The molecule has 0 N–H and O–H groups in total. The van der Waals surface area contributed by atoms with Crippen molar-refractivity contribution in [3.63, 3.8) is 0 Å². The van der Waals surface area contributed by atoms with Gasteiger partial charge in [0.1, 0.15) is 11.2 Å². The highest BCUT2D eigenvalue weighted by Crippen LogP contribution is 2.43. The van der Waals surface area contributed by atoms with E-state index in [1.165, 1.54) is 10.8 Å². The zero-order valence-corrected chi connectivity index (χ0v) is 25.9. The fourth-order valence-electron chi connectivity index (χ4n) is 6.41. The molecule has 0 fully saturated rings. The molecule has 5 heteroatoms. The number of hydrogen-bond donors (Lipinski definition) is 0. The predicted octanol–water partition coefficient (Wildman–Crippen LogP) is 11.4. The first-order valence-corrected chi connectivity index (χ1v) is 16.0. The van der Waals surface area contributed by atoms with E-state index >= 15 is 0 Å². The largest absolute Gasteiger partial charge is 0.456 e. The number of benzene rings is 7. The first kappa shape index (κ1) is 27.7. The SMILES string of the molecule is c1ccc(-c2nc(-c3ccccc3)nc(-c3cc(N(c4ccccc4)c4ccc5ccccc5c4)cc4oc5ccccc5c34)n2)cc1. The van der Waals surface area contributed by atoms with Crippen LogP contribution in [0.4, 0.5) is 17.1 Å². The maximum absolute atomic E-state index is 6.58. The minimum atomic E-state index is 0.577. The average molecular weight is 617 g/mol. The molecule has 48 heavy (non-hydrogen) atoms. The third-order valence-electron chi connectivity index (χ3n) is 8.67. The van der Waals surface area contributed by atoms with Crippen LogP contribution in [-0.4, -0.2) is 15.0 Å². The number of aromatic nitrogens is 3. The molecule has 0 atom stereocenters. The zero-order valence-electron chi connectivity index (χ0n) is 25.9. The van der Waals surface area contributed by atoms with Crippen molar-refractivity contribution < 1.29 is 4.42 Å². The molecular weight excluding hydrogens is 589 g/mol. The number of anilines is 3. The fraction of sp³-hybridized carbons (Fsp3) is 0. The minimum absolute atomic E-state index is 0.577.